The van der Waals surface area contributed by atoms with Crippen LogP contribution in [0.2, 0.25) is 0 Å². The van der Waals surface area contributed by atoms with Crippen molar-refractivity contribution in [2.24, 2.45) is 7.05 Å². The van der Waals surface area contributed by atoms with Crippen molar-refractivity contribution in [3.63, 3.8) is 0 Å². The maximum Gasteiger partial charge on any atom is 0.410 e. The molecule has 11 heteroatoms. The number of carbonyl (C=O) groups is 3. The molecule has 0 radical (unpaired) electrons. The van der Waals surface area contributed by atoms with Crippen LogP contribution in [0, 0.1) is 0 Å². The van der Waals surface area contributed by atoms with E-state index >= 15 is 0 Å². The molecule has 222 valence electrons. The van der Waals surface area contributed by atoms with Gasteiger partial charge in [-0.2, -0.15) is 5.10 Å². The van der Waals surface area contributed by atoms with E-state index in [0.29, 0.717) is 18.7 Å². The zero-order chi connectivity index (χ0) is 30.0. The number of rotatable bonds is 7. The van der Waals surface area contributed by atoms with Crippen LogP contribution in [-0.2, 0) is 27.8 Å². The third-order valence-corrected chi connectivity index (χ3v) is 7.60. The molecule has 2 heterocycles. The van der Waals surface area contributed by atoms with Crippen molar-refractivity contribution in [1.82, 2.24) is 20.0 Å². The van der Waals surface area contributed by atoms with E-state index in [9.17, 15) is 19.5 Å². The Morgan fingerprint density at radius 1 is 1.10 bits per heavy atom. The second-order valence-electron chi connectivity index (χ2n) is 11.5. The Morgan fingerprint density at radius 3 is 2.36 bits per heavy atom. The highest BCUT2D eigenvalue weighted by Crippen LogP contribution is 2.44. The summed E-state index contributed by atoms with van der Waals surface area (Å²) in [6, 6.07) is 15.0. The van der Waals surface area contributed by atoms with E-state index in [1.54, 1.807) is 27.8 Å². The van der Waals surface area contributed by atoms with Gasteiger partial charge in [-0.05, 0) is 49.4 Å². The summed E-state index contributed by atoms with van der Waals surface area (Å²) in [4.78, 5) is 40.1. The van der Waals surface area contributed by atoms with Crippen molar-refractivity contribution >= 4 is 18.2 Å². The number of fused-ring (bicyclic) bond motifs is 3. The minimum absolute atomic E-state index is 0.0161. The first kappa shape index (κ1) is 29.1. The molecular formula is C31H36N4O7. The van der Waals surface area contributed by atoms with Gasteiger partial charge in [-0.25, -0.2) is 14.4 Å². The average molecular weight is 577 g/mol. The van der Waals surface area contributed by atoms with Gasteiger partial charge in [0.25, 0.3) is 0 Å². The highest BCUT2D eigenvalue weighted by Gasteiger charge is 2.38. The Bertz CT molecular complexity index is 1430. The first-order valence-corrected chi connectivity index (χ1v) is 14.0. The number of aromatic nitrogens is 2. The van der Waals surface area contributed by atoms with Gasteiger partial charge in [0.1, 0.15) is 17.8 Å². The van der Waals surface area contributed by atoms with Crippen LogP contribution < -0.4 is 5.32 Å². The molecule has 0 bridgehead atoms. The topological polar surface area (TPSA) is 132 Å². The molecule has 2 N–H and O–H groups in total. The summed E-state index contributed by atoms with van der Waals surface area (Å²) in [5, 5.41) is 16.7. The number of carboxylic acids is 1. The van der Waals surface area contributed by atoms with Crippen LogP contribution in [0.4, 0.5) is 9.59 Å². The summed E-state index contributed by atoms with van der Waals surface area (Å²) in [6.45, 7) is 5.79. The first-order chi connectivity index (χ1) is 20.0. The minimum atomic E-state index is -1.15. The molecule has 11 nitrogen and oxygen atoms in total. The molecule has 1 saturated heterocycles. The Kier molecular flexibility index (Phi) is 8.22. The molecule has 1 aromatic heterocycles. The van der Waals surface area contributed by atoms with Crippen LogP contribution in [0.3, 0.4) is 0 Å². The Labute approximate surface area is 244 Å². The number of alkyl carbamates (subject to hydrolysis) is 1. The van der Waals surface area contributed by atoms with Crippen molar-refractivity contribution in [2.45, 2.75) is 57.3 Å². The maximum atomic E-state index is 13.9. The van der Waals surface area contributed by atoms with Crippen LogP contribution in [0.5, 0.6) is 0 Å². The van der Waals surface area contributed by atoms with E-state index in [-0.39, 0.29) is 31.2 Å². The number of aryl methyl sites for hydroxylation is 1. The van der Waals surface area contributed by atoms with Crippen molar-refractivity contribution in [1.29, 1.82) is 0 Å². The van der Waals surface area contributed by atoms with Gasteiger partial charge in [-0.1, -0.05) is 48.5 Å². The van der Waals surface area contributed by atoms with Gasteiger partial charge in [0.2, 0.25) is 0 Å². The van der Waals surface area contributed by atoms with E-state index in [4.69, 9.17) is 14.2 Å². The molecule has 0 saturated carbocycles. The third kappa shape index (κ3) is 6.11. The van der Waals surface area contributed by atoms with E-state index < -0.39 is 35.8 Å². The average Bonchev–Trinajstić information content (AvgIpc) is 3.47. The molecule has 3 aromatic rings. The number of carbonyl (C=O) groups excluding carboxylic acids is 2. The van der Waals surface area contributed by atoms with Crippen molar-refractivity contribution in [3.05, 3.63) is 77.1 Å². The smallest absolute Gasteiger partial charge is 0.410 e. The molecule has 1 fully saturated rings. The number of nitrogens with zero attached hydrogens (tertiary/aromatic N) is 3. The quantitative estimate of drug-likeness (QED) is 0.419. The van der Waals surface area contributed by atoms with Crippen molar-refractivity contribution in [3.8, 4) is 11.1 Å². The summed E-state index contributed by atoms with van der Waals surface area (Å²) in [7, 11) is 1.62. The van der Waals surface area contributed by atoms with Gasteiger partial charge < -0.3 is 24.6 Å². The van der Waals surface area contributed by atoms with Gasteiger partial charge in [-0.3, -0.25) is 9.58 Å². The monoisotopic (exact) mass is 576 g/mol. The zero-order valence-electron chi connectivity index (χ0n) is 24.2. The van der Waals surface area contributed by atoms with Gasteiger partial charge >= 0.3 is 18.2 Å². The highest BCUT2D eigenvalue weighted by atomic mass is 16.6. The fourth-order valence-electron chi connectivity index (χ4n) is 5.68. The molecule has 0 unspecified atom stereocenters. The van der Waals surface area contributed by atoms with E-state index in [0.717, 1.165) is 22.3 Å². The SMILES string of the molecule is Cn1ncc(C(=O)O)c1CN(C(=O)OCC1c2ccccc2-c2ccccc21)[C@H]1CCOC[C@H]1NC(=O)OC(C)(C)C. The number of ether oxygens (including phenoxy) is 3. The predicted molar refractivity (Wildman–Crippen MR) is 153 cm³/mol. The Hall–Kier alpha value is -4.38. The normalized spacial score (nSPS) is 18.1. The molecular weight excluding hydrogens is 540 g/mol. The lowest BCUT2D eigenvalue weighted by molar-refractivity contribution is -0.00764. The minimum Gasteiger partial charge on any atom is -0.478 e. The molecule has 2 amide bonds. The van der Waals surface area contributed by atoms with E-state index in [1.807, 2.05) is 36.4 Å². The number of aromatic carboxylic acids is 1. The van der Waals surface area contributed by atoms with Crippen LogP contribution in [-0.4, -0.2) is 75.4 Å². The van der Waals surface area contributed by atoms with E-state index in [1.165, 1.54) is 15.8 Å². The number of amides is 2. The predicted octanol–water partition coefficient (Wildman–Crippen LogP) is 4.55. The molecule has 5 rings (SSSR count). The lowest BCUT2D eigenvalue weighted by Crippen LogP contribution is -2.58. The number of carboxylic acid groups (broad SMARTS) is 1. The fourth-order valence-corrected chi connectivity index (χ4v) is 5.68. The van der Waals surface area contributed by atoms with Crippen LogP contribution in [0.15, 0.2) is 54.7 Å². The largest absolute Gasteiger partial charge is 0.478 e. The lowest BCUT2D eigenvalue weighted by Gasteiger charge is -2.39. The second kappa shape index (κ2) is 11.8. The summed E-state index contributed by atoms with van der Waals surface area (Å²) >= 11 is 0. The van der Waals surface area contributed by atoms with Crippen LogP contribution >= 0.6 is 0 Å². The molecule has 2 atom stereocenters. The first-order valence-electron chi connectivity index (χ1n) is 14.0. The third-order valence-electron chi connectivity index (χ3n) is 7.60. The van der Waals surface area contributed by atoms with Gasteiger partial charge in [0, 0.05) is 19.6 Å². The van der Waals surface area contributed by atoms with Gasteiger partial charge in [0.05, 0.1) is 37.1 Å². The number of benzene rings is 2. The van der Waals surface area contributed by atoms with Crippen molar-refractivity contribution in [2.75, 3.05) is 19.8 Å². The number of hydrogen-bond donors (Lipinski definition) is 2. The van der Waals surface area contributed by atoms with Crippen molar-refractivity contribution < 1.29 is 33.7 Å². The standard InChI is InChI=1S/C31H36N4O7/c1-31(2,3)42-29(38)33-25-18-40-14-13-26(25)35(16-27-23(28(36)37)15-32-34(27)4)30(39)41-17-24-21-11-7-5-9-19(21)20-10-6-8-12-22(20)24/h5-12,15,24-26H,13-14,16-18H2,1-4H3,(H,33,38)(H,36,37)/t25-,26+/m1/s1. The summed E-state index contributed by atoms with van der Waals surface area (Å²) in [5.74, 6) is -1.30. The summed E-state index contributed by atoms with van der Waals surface area (Å²) in [5.41, 5.74) is 3.97. The van der Waals surface area contributed by atoms with E-state index in [2.05, 4.69) is 22.5 Å². The van der Waals surface area contributed by atoms with Gasteiger partial charge in [0.15, 0.2) is 0 Å². The zero-order valence-corrected chi connectivity index (χ0v) is 24.2. The summed E-state index contributed by atoms with van der Waals surface area (Å²) < 4.78 is 18.5. The molecule has 1 aliphatic heterocycles. The summed E-state index contributed by atoms with van der Waals surface area (Å²) in [6.07, 6.45) is 0.387. The lowest BCUT2D eigenvalue weighted by atomic mass is 9.98. The molecule has 0 spiro atoms. The number of nitrogens with one attached hydrogen (secondary N) is 1. The Morgan fingerprint density at radius 2 is 1.74 bits per heavy atom. The Balaban J connectivity index is 1.42. The molecule has 2 aromatic carbocycles. The number of hydrogen-bond acceptors (Lipinski definition) is 7. The second-order valence-corrected chi connectivity index (χ2v) is 11.5. The van der Waals surface area contributed by atoms with Gasteiger partial charge in [-0.15, -0.1) is 0 Å². The molecule has 1 aliphatic carbocycles. The maximum absolute atomic E-state index is 13.9. The van der Waals surface area contributed by atoms with Crippen LogP contribution in [0.25, 0.3) is 11.1 Å². The van der Waals surface area contributed by atoms with Crippen LogP contribution in [0.1, 0.15) is 60.3 Å². The fraction of sp³-hybridized carbons (Fsp3) is 0.419. The molecule has 42 heavy (non-hydrogen) atoms. The molecule has 2 aliphatic rings. The highest BCUT2D eigenvalue weighted by molar-refractivity contribution is 5.88.